The molecular formula is C12H18N2O. The smallest absolute Gasteiger partial charge is 0.119 e. The molecule has 2 rings (SSSR count). The highest BCUT2D eigenvalue weighted by Crippen LogP contribution is 2.17. The van der Waals surface area contributed by atoms with Crippen LogP contribution >= 0.6 is 0 Å². The van der Waals surface area contributed by atoms with Gasteiger partial charge in [0.2, 0.25) is 0 Å². The van der Waals surface area contributed by atoms with Gasteiger partial charge in [0.15, 0.2) is 0 Å². The Balaban J connectivity index is 1.82. The van der Waals surface area contributed by atoms with E-state index in [9.17, 15) is 0 Å². The van der Waals surface area contributed by atoms with Crippen LogP contribution in [-0.2, 0) is 6.54 Å². The van der Waals surface area contributed by atoms with Crippen molar-refractivity contribution in [2.75, 3.05) is 26.7 Å². The van der Waals surface area contributed by atoms with Crippen molar-refractivity contribution in [1.29, 1.82) is 0 Å². The van der Waals surface area contributed by atoms with Crippen molar-refractivity contribution in [1.82, 2.24) is 4.90 Å². The summed E-state index contributed by atoms with van der Waals surface area (Å²) in [6.45, 7) is 3.69. The summed E-state index contributed by atoms with van der Waals surface area (Å²) in [7, 11) is 2.13. The van der Waals surface area contributed by atoms with Crippen molar-refractivity contribution in [2.45, 2.75) is 6.54 Å². The van der Waals surface area contributed by atoms with Gasteiger partial charge in [-0.3, -0.25) is 0 Å². The van der Waals surface area contributed by atoms with Gasteiger partial charge in [0, 0.05) is 25.6 Å². The van der Waals surface area contributed by atoms with Gasteiger partial charge in [-0.25, -0.2) is 0 Å². The molecule has 3 nitrogen and oxygen atoms in total. The van der Waals surface area contributed by atoms with Gasteiger partial charge in [-0.2, -0.15) is 0 Å². The van der Waals surface area contributed by atoms with Crippen LogP contribution in [0.25, 0.3) is 0 Å². The van der Waals surface area contributed by atoms with Crippen molar-refractivity contribution in [3.05, 3.63) is 29.8 Å². The van der Waals surface area contributed by atoms with Crippen LogP contribution in [0.2, 0.25) is 0 Å². The lowest BCUT2D eigenvalue weighted by Crippen LogP contribution is -2.46. The van der Waals surface area contributed by atoms with Crippen LogP contribution in [0.3, 0.4) is 0 Å². The highest BCUT2D eigenvalue weighted by molar-refractivity contribution is 5.28. The number of hydrogen-bond donors (Lipinski definition) is 1. The van der Waals surface area contributed by atoms with Crippen LogP contribution in [-0.4, -0.2) is 31.6 Å². The van der Waals surface area contributed by atoms with Crippen LogP contribution < -0.4 is 10.5 Å². The van der Waals surface area contributed by atoms with E-state index in [-0.39, 0.29) is 0 Å². The fraction of sp³-hybridized carbons (Fsp3) is 0.500. The summed E-state index contributed by atoms with van der Waals surface area (Å²) in [5.74, 6) is 1.63. The molecule has 0 spiro atoms. The molecule has 0 amide bonds. The van der Waals surface area contributed by atoms with E-state index >= 15 is 0 Å². The molecule has 1 aliphatic rings. The van der Waals surface area contributed by atoms with E-state index in [1.807, 2.05) is 24.3 Å². The predicted octanol–water partition coefficient (Wildman–Crippen LogP) is 1.09. The third-order valence-corrected chi connectivity index (χ3v) is 2.76. The second-order valence-electron chi connectivity index (χ2n) is 4.25. The van der Waals surface area contributed by atoms with Gasteiger partial charge in [-0.15, -0.1) is 0 Å². The first-order chi connectivity index (χ1) is 7.28. The molecule has 0 saturated carbocycles. The molecule has 0 atom stereocenters. The largest absolute Gasteiger partial charge is 0.493 e. The van der Waals surface area contributed by atoms with E-state index in [4.69, 9.17) is 10.5 Å². The number of rotatable bonds is 4. The third kappa shape index (κ3) is 2.70. The van der Waals surface area contributed by atoms with Crippen LogP contribution in [0.1, 0.15) is 5.56 Å². The molecule has 0 bridgehead atoms. The van der Waals surface area contributed by atoms with E-state index in [2.05, 4.69) is 11.9 Å². The van der Waals surface area contributed by atoms with Crippen molar-refractivity contribution in [3.63, 3.8) is 0 Å². The van der Waals surface area contributed by atoms with Gasteiger partial charge in [0.1, 0.15) is 5.75 Å². The van der Waals surface area contributed by atoms with Crippen molar-refractivity contribution in [2.24, 2.45) is 11.7 Å². The zero-order valence-corrected chi connectivity index (χ0v) is 9.15. The monoisotopic (exact) mass is 206 g/mol. The quantitative estimate of drug-likeness (QED) is 0.801. The molecule has 15 heavy (non-hydrogen) atoms. The number of benzene rings is 1. The van der Waals surface area contributed by atoms with E-state index in [1.165, 1.54) is 0 Å². The Kier molecular flexibility index (Phi) is 3.23. The lowest BCUT2D eigenvalue weighted by Gasteiger charge is -2.35. The summed E-state index contributed by atoms with van der Waals surface area (Å²) in [4.78, 5) is 2.30. The molecule has 1 heterocycles. The van der Waals surface area contributed by atoms with E-state index in [1.54, 1.807) is 0 Å². The molecule has 1 fully saturated rings. The summed E-state index contributed by atoms with van der Waals surface area (Å²) < 4.78 is 5.72. The maximum Gasteiger partial charge on any atom is 0.119 e. The molecule has 1 aromatic carbocycles. The fourth-order valence-corrected chi connectivity index (χ4v) is 1.91. The summed E-state index contributed by atoms with van der Waals surface area (Å²) in [5.41, 5.74) is 6.69. The first kappa shape index (κ1) is 10.5. The van der Waals surface area contributed by atoms with Crippen molar-refractivity contribution >= 4 is 0 Å². The van der Waals surface area contributed by atoms with E-state index in [0.29, 0.717) is 12.5 Å². The fourth-order valence-electron chi connectivity index (χ4n) is 1.91. The lowest BCUT2D eigenvalue weighted by atomic mass is 10.0. The van der Waals surface area contributed by atoms with E-state index in [0.717, 1.165) is 31.0 Å². The third-order valence-electron chi connectivity index (χ3n) is 2.76. The molecule has 1 saturated heterocycles. The highest BCUT2D eigenvalue weighted by Gasteiger charge is 2.23. The number of hydrogen-bond acceptors (Lipinski definition) is 3. The highest BCUT2D eigenvalue weighted by atomic mass is 16.5. The summed E-state index contributed by atoms with van der Waals surface area (Å²) in [6.07, 6.45) is 0. The second kappa shape index (κ2) is 4.64. The number of nitrogens with two attached hydrogens (primary N) is 1. The zero-order valence-electron chi connectivity index (χ0n) is 9.15. The summed E-state index contributed by atoms with van der Waals surface area (Å²) in [6, 6.07) is 8.01. The van der Waals surface area contributed by atoms with Gasteiger partial charge in [0.25, 0.3) is 0 Å². The SMILES string of the molecule is CN1CC(COc2cccc(CN)c2)C1. The molecule has 0 aliphatic carbocycles. The summed E-state index contributed by atoms with van der Waals surface area (Å²) in [5, 5.41) is 0. The lowest BCUT2D eigenvalue weighted by molar-refractivity contribution is 0.0857. The normalized spacial score (nSPS) is 17.5. The Morgan fingerprint density at radius 2 is 2.27 bits per heavy atom. The molecule has 3 heteroatoms. The minimum absolute atomic E-state index is 0.573. The Bertz CT molecular complexity index is 321. The standard InChI is InChI=1S/C12H18N2O/c1-14-7-11(8-14)9-15-12-4-2-3-10(5-12)6-13/h2-5,11H,6-9,13H2,1H3. The molecule has 1 aromatic rings. The van der Waals surface area contributed by atoms with Crippen molar-refractivity contribution in [3.8, 4) is 5.75 Å². The number of ether oxygens (including phenoxy) is 1. The van der Waals surface area contributed by atoms with Gasteiger partial charge >= 0.3 is 0 Å². The first-order valence-electron chi connectivity index (χ1n) is 5.38. The Morgan fingerprint density at radius 3 is 2.93 bits per heavy atom. The van der Waals surface area contributed by atoms with Gasteiger partial charge in [-0.1, -0.05) is 12.1 Å². The molecule has 82 valence electrons. The first-order valence-corrected chi connectivity index (χ1v) is 5.38. The average Bonchev–Trinajstić information content (AvgIpc) is 2.23. The van der Waals surface area contributed by atoms with Crippen molar-refractivity contribution < 1.29 is 4.74 Å². The van der Waals surface area contributed by atoms with Gasteiger partial charge in [0.05, 0.1) is 6.61 Å². The van der Waals surface area contributed by atoms with E-state index < -0.39 is 0 Å². The molecule has 0 radical (unpaired) electrons. The zero-order chi connectivity index (χ0) is 10.7. The minimum Gasteiger partial charge on any atom is -0.493 e. The molecule has 1 aliphatic heterocycles. The Morgan fingerprint density at radius 1 is 1.47 bits per heavy atom. The van der Waals surface area contributed by atoms with Crippen LogP contribution in [0.15, 0.2) is 24.3 Å². The van der Waals surface area contributed by atoms with Crippen LogP contribution in [0.5, 0.6) is 5.75 Å². The molecular weight excluding hydrogens is 188 g/mol. The second-order valence-corrected chi connectivity index (χ2v) is 4.25. The Hall–Kier alpha value is -1.06. The van der Waals surface area contributed by atoms with Gasteiger partial charge < -0.3 is 15.4 Å². The van der Waals surface area contributed by atoms with Gasteiger partial charge in [-0.05, 0) is 24.7 Å². The molecule has 0 unspecified atom stereocenters. The van der Waals surface area contributed by atoms with Crippen LogP contribution in [0.4, 0.5) is 0 Å². The number of nitrogens with zero attached hydrogens (tertiary/aromatic N) is 1. The maximum absolute atomic E-state index is 5.72. The molecule has 2 N–H and O–H groups in total. The number of likely N-dealkylation sites (tertiary alicyclic amines) is 1. The predicted molar refractivity (Wildman–Crippen MR) is 60.8 cm³/mol. The minimum atomic E-state index is 0.573. The van der Waals surface area contributed by atoms with Crippen LogP contribution in [0, 0.1) is 5.92 Å². The average molecular weight is 206 g/mol. The Labute approximate surface area is 90.8 Å². The summed E-state index contributed by atoms with van der Waals surface area (Å²) >= 11 is 0. The molecule has 0 aromatic heterocycles. The maximum atomic E-state index is 5.72. The topological polar surface area (TPSA) is 38.5 Å².